The fraction of sp³-hybridized carbons (Fsp3) is 0.176. The molecule has 0 saturated carbocycles. The van der Waals surface area contributed by atoms with Gasteiger partial charge in [0.25, 0.3) is 0 Å². The molecule has 0 radical (unpaired) electrons. The van der Waals surface area contributed by atoms with E-state index in [1.807, 2.05) is 0 Å². The number of hydrazine groups is 1. The number of amidine groups is 1. The van der Waals surface area contributed by atoms with E-state index < -0.39 is 29.9 Å². The summed E-state index contributed by atoms with van der Waals surface area (Å²) in [6.07, 6.45) is -6.59. The number of alkyl halides is 7. The Morgan fingerprint density at radius 3 is 2.00 bits per heavy atom. The molecule has 2 amide bonds. The van der Waals surface area contributed by atoms with Gasteiger partial charge in [-0.05, 0) is 42.5 Å². The highest BCUT2D eigenvalue weighted by atomic mass is 35.5. The number of hydrogen-bond donors (Lipinski definition) is 4. The van der Waals surface area contributed by atoms with Crippen LogP contribution in [0.15, 0.2) is 48.5 Å². The van der Waals surface area contributed by atoms with Crippen molar-refractivity contribution in [1.82, 2.24) is 10.9 Å². The summed E-state index contributed by atoms with van der Waals surface area (Å²) in [7, 11) is 0. The van der Waals surface area contributed by atoms with Crippen LogP contribution in [0, 0.1) is 0 Å². The smallest absolute Gasteiger partial charge is 0.305 e. The second kappa shape index (κ2) is 9.18. The molecule has 168 valence electrons. The number of rotatable bonds is 4. The van der Waals surface area contributed by atoms with Crippen molar-refractivity contribution in [3.8, 4) is 0 Å². The summed E-state index contributed by atoms with van der Waals surface area (Å²) in [6, 6.07) is 8.67. The van der Waals surface area contributed by atoms with Gasteiger partial charge in [-0.2, -0.15) is 41.6 Å². The highest BCUT2D eigenvalue weighted by Gasteiger charge is 2.77. The van der Waals surface area contributed by atoms with E-state index in [1.54, 1.807) is 10.4 Å². The number of halogens is 9. The van der Waals surface area contributed by atoms with Crippen molar-refractivity contribution >= 4 is 46.4 Å². The normalized spacial score (nSPS) is 13.0. The first-order chi connectivity index (χ1) is 14.2. The van der Waals surface area contributed by atoms with Gasteiger partial charge in [-0.1, -0.05) is 29.3 Å². The van der Waals surface area contributed by atoms with Crippen LogP contribution in [0.4, 0.5) is 46.9 Å². The predicted molar refractivity (Wildman–Crippen MR) is 99.8 cm³/mol. The molecule has 0 unspecified atom stereocenters. The summed E-state index contributed by atoms with van der Waals surface area (Å²) in [5.74, 6) is -14.3. The fourth-order valence-electron chi connectivity index (χ4n) is 2.05. The van der Waals surface area contributed by atoms with Crippen molar-refractivity contribution in [3.05, 3.63) is 58.6 Å². The van der Waals surface area contributed by atoms with Crippen LogP contribution in [-0.2, 0) is 0 Å². The van der Waals surface area contributed by atoms with Crippen LogP contribution >= 0.6 is 23.2 Å². The van der Waals surface area contributed by atoms with Crippen LogP contribution in [0.2, 0.25) is 10.0 Å². The third-order valence-corrected chi connectivity index (χ3v) is 4.05. The number of hydrogen-bond acceptors (Lipinski definition) is 1. The minimum atomic E-state index is -6.59. The number of nitrogens with one attached hydrogen (secondary N) is 4. The molecule has 0 fully saturated rings. The highest BCUT2D eigenvalue weighted by Crippen LogP contribution is 2.46. The van der Waals surface area contributed by atoms with Crippen LogP contribution in [0.3, 0.4) is 0 Å². The summed E-state index contributed by atoms with van der Waals surface area (Å²) < 4.78 is 93.2. The molecule has 0 spiro atoms. The summed E-state index contributed by atoms with van der Waals surface area (Å²) in [5.41, 5.74) is 2.72. The van der Waals surface area contributed by atoms with Gasteiger partial charge in [0.15, 0.2) is 0 Å². The summed E-state index contributed by atoms with van der Waals surface area (Å²) >= 11 is 11.3. The maximum Gasteiger partial charge on any atom is 0.460 e. The second-order valence-corrected chi connectivity index (χ2v) is 6.74. The van der Waals surface area contributed by atoms with E-state index in [1.165, 1.54) is 41.8 Å². The Morgan fingerprint density at radius 1 is 0.839 bits per heavy atom. The van der Waals surface area contributed by atoms with E-state index in [0.29, 0.717) is 0 Å². The number of anilines is 1. The number of carbonyl (C=O) groups is 1. The molecule has 4 N–H and O–H groups in total. The lowest BCUT2D eigenvalue weighted by Gasteiger charge is -2.26. The van der Waals surface area contributed by atoms with Crippen molar-refractivity contribution < 1.29 is 40.5 Å². The molecule has 0 saturated heterocycles. The average molecular weight is 492 g/mol. The lowest BCUT2D eigenvalue weighted by Crippen LogP contribution is -2.80. The van der Waals surface area contributed by atoms with Gasteiger partial charge in [0.2, 0.25) is 0 Å². The fourth-order valence-corrected chi connectivity index (χ4v) is 2.36. The molecule has 2 aromatic rings. The molecule has 0 heterocycles. The predicted octanol–water partition coefficient (Wildman–Crippen LogP) is 4.26. The van der Waals surface area contributed by atoms with Crippen molar-refractivity contribution in [2.45, 2.75) is 18.0 Å². The molecule has 0 aliphatic heterocycles. The zero-order chi connectivity index (χ0) is 23.4. The van der Waals surface area contributed by atoms with Gasteiger partial charge in [-0.25, -0.2) is 9.79 Å². The number of urea groups is 1. The topological polar surface area (TPSA) is 67.1 Å². The molecule has 2 rings (SSSR count). The minimum Gasteiger partial charge on any atom is -0.305 e. The van der Waals surface area contributed by atoms with E-state index in [-0.39, 0.29) is 21.4 Å². The average Bonchev–Trinajstić information content (AvgIpc) is 2.65. The van der Waals surface area contributed by atoms with E-state index in [9.17, 15) is 35.5 Å². The standard InChI is InChI=1S/C17H11Cl2F7N4O/c18-9-4-6-11(7-5-9)27-13(15(20,21)16(22,23)17(24,25)26)29-30-14(31)28-12-3-1-2-10(19)8-12/h1-8H,(H,27,29)(H2,28,30,31)/p+1. The Morgan fingerprint density at radius 2 is 1.45 bits per heavy atom. The number of carbonyl (C=O) groups excluding carboxylic acids is 1. The van der Waals surface area contributed by atoms with Gasteiger partial charge in [-0.15, -0.1) is 0 Å². The molecule has 0 atom stereocenters. The molecule has 2 aromatic carbocycles. The van der Waals surface area contributed by atoms with Gasteiger partial charge in [0.05, 0.1) is 0 Å². The Bertz CT molecular complexity index is 966. The third-order valence-electron chi connectivity index (χ3n) is 3.56. The zero-order valence-electron chi connectivity index (χ0n) is 14.9. The maximum atomic E-state index is 14.2. The van der Waals surface area contributed by atoms with Crippen molar-refractivity contribution in [2.24, 2.45) is 0 Å². The molecular formula is C17H12Cl2F7N4O+. The van der Waals surface area contributed by atoms with E-state index in [4.69, 9.17) is 23.2 Å². The van der Waals surface area contributed by atoms with E-state index in [2.05, 4.69) is 5.32 Å². The zero-order valence-corrected chi connectivity index (χ0v) is 16.4. The van der Waals surface area contributed by atoms with Crippen LogP contribution in [0.5, 0.6) is 0 Å². The molecule has 0 bridgehead atoms. The molecule has 0 aromatic heterocycles. The maximum absolute atomic E-state index is 14.2. The Hall–Kier alpha value is -2.73. The van der Waals surface area contributed by atoms with Crippen molar-refractivity contribution in [2.75, 3.05) is 5.32 Å². The van der Waals surface area contributed by atoms with Crippen molar-refractivity contribution in [1.29, 1.82) is 0 Å². The highest BCUT2D eigenvalue weighted by molar-refractivity contribution is 6.31. The molecule has 0 aliphatic rings. The molecule has 5 nitrogen and oxygen atoms in total. The van der Waals surface area contributed by atoms with E-state index >= 15 is 0 Å². The minimum absolute atomic E-state index is 0.0893. The quantitative estimate of drug-likeness (QED) is 0.223. The largest absolute Gasteiger partial charge is 0.460 e. The SMILES string of the molecule is O=C(NNC(=[NH+]c1ccc(Cl)cc1)C(F)(F)C(F)(F)C(F)(F)F)Nc1cccc(Cl)c1. The van der Waals surface area contributed by atoms with Crippen LogP contribution in [0.25, 0.3) is 0 Å². The van der Waals surface area contributed by atoms with E-state index in [0.717, 1.165) is 12.1 Å². The Balaban J connectivity index is 2.31. The summed E-state index contributed by atoms with van der Waals surface area (Å²) in [4.78, 5) is 13.6. The molecule has 14 heteroatoms. The summed E-state index contributed by atoms with van der Waals surface area (Å²) in [5, 5.41) is 2.47. The second-order valence-electron chi connectivity index (χ2n) is 5.87. The van der Waals surface area contributed by atoms with Gasteiger partial charge < -0.3 is 5.32 Å². The van der Waals surface area contributed by atoms with Crippen molar-refractivity contribution in [3.63, 3.8) is 0 Å². The van der Waals surface area contributed by atoms with Gasteiger partial charge in [0, 0.05) is 15.7 Å². The third kappa shape index (κ3) is 5.91. The molecule has 31 heavy (non-hydrogen) atoms. The first-order valence-corrected chi connectivity index (χ1v) is 8.80. The Kier molecular flexibility index (Phi) is 7.27. The van der Waals surface area contributed by atoms with Gasteiger partial charge in [0.1, 0.15) is 5.69 Å². The Labute approximate surface area is 180 Å². The molecular weight excluding hydrogens is 480 g/mol. The van der Waals surface area contributed by atoms with Crippen LogP contribution in [0.1, 0.15) is 0 Å². The van der Waals surface area contributed by atoms with Crippen LogP contribution < -0.4 is 21.2 Å². The summed E-state index contributed by atoms with van der Waals surface area (Å²) in [6.45, 7) is 0. The number of amides is 2. The molecule has 0 aliphatic carbocycles. The number of benzene rings is 2. The van der Waals surface area contributed by atoms with Gasteiger partial charge in [-0.3, -0.25) is 0 Å². The monoisotopic (exact) mass is 491 g/mol. The first-order valence-electron chi connectivity index (χ1n) is 8.05. The van der Waals surface area contributed by atoms with Crippen LogP contribution in [-0.4, -0.2) is 29.9 Å². The van der Waals surface area contributed by atoms with Gasteiger partial charge >= 0.3 is 29.9 Å². The lowest BCUT2D eigenvalue weighted by atomic mass is 10.1. The lowest BCUT2D eigenvalue weighted by molar-refractivity contribution is -0.390. The first kappa shape index (κ1) is 24.5.